The van der Waals surface area contributed by atoms with Crippen molar-refractivity contribution in [2.45, 2.75) is 52.5 Å². The summed E-state index contributed by atoms with van der Waals surface area (Å²) >= 11 is 3.56. The zero-order valence-electron chi connectivity index (χ0n) is 12.9. The highest BCUT2D eigenvalue weighted by molar-refractivity contribution is 7.12. The van der Waals surface area contributed by atoms with E-state index in [1.807, 2.05) is 22.9 Å². The van der Waals surface area contributed by atoms with Gasteiger partial charge in [0, 0.05) is 40.9 Å². The molecule has 0 radical (unpaired) electrons. The van der Waals surface area contributed by atoms with Gasteiger partial charge in [0.05, 0.1) is 15.7 Å². The Balaban J connectivity index is 1.95. The number of aryl methyl sites for hydroxylation is 1. The molecule has 0 spiro atoms. The van der Waals surface area contributed by atoms with Crippen LogP contribution in [0.3, 0.4) is 0 Å². The van der Waals surface area contributed by atoms with Crippen molar-refractivity contribution in [3.05, 3.63) is 32.2 Å². The van der Waals surface area contributed by atoms with Gasteiger partial charge in [0.1, 0.15) is 0 Å². The van der Waals surface area contributed by atoms with E-state index in [1.165, 1.54) is 14.9 Å². The van der Waals surface area contributed by atoms with Crippen LogP contribution in [0.1, 0.15) is 54.3 Å². The van der Waals surface area contributed by atoms with Gasteiger partial charge in [-0.15, -0.1) is 22.7 Å². The average Bonchev–Trinajstić information content (AvgIpc) is 2.97. The molecule has 0 aliphatic heterocycles. The van der Waals surface area contributed by atoms with Crippen LogP contribution in [0.2, 0.25) is 0 Å². The van der Waals surface area contributed by atoms with Gasteiger partial charge in [-0.05, 0) is 13.8 Å². The van der Waals surface area contributed by atoms with Gasteiger partial charge in [-0.1, -0.05) is 20.8 Å². The summed E-state index contributed by atoms with van der Waals surface area (Å²) in [7, 11) is 0. The maximum Gasteiger partial charge on any atom is 0.0985 e. The van der Waals surface area contributed by atoms with Crippen molar-refractivity contribution < 1.29 is 0 Å². The van der Waals surface area contributed by atoms with Crippen LogP contribution in [-0.2, 0) is 11.8 Å². The summed E-state index contributed by atoms with van der Waals surface area (Å²) in [5.41, 5.74) is 1.29. The predicted molar refractivity (Wildman–Crippen MR) is 87.8 cm³/mol. The monoisotopic (exact) mass is 309 g/mol. The highest BCUT2D eigenvalue weighted by atomic mass is 32.1. The molecule has 1 N–H and O–H groups in total. The van der Waals surface area contributed by atoms with E-state index < -0.39 is 0 Å². The number of hydrogen-bond donors (Lipinski definition) is 1. The molecule has 5 heteroatoms. The Morgan fingerprint density at radius 2 is 2.10 bits per heavy atom. The molecule has 0 aliphatic carbocycles. The molecule has 0 aliphatic rings. The van der Waals surface area contributed by atoms with Gasteiger partial charge in [-0.3, -0.25) is 0 Å². The molecular weight excluding hydrogens is 286 g/mol. The Kier molecular flexibility index (Phi) is 4.94. The number of rotatable bonds is 5. The number of hydrogen-bond acceptors (Lipinski definition) is 5. The van der Waals surface area contributed by atoms with Crippen LogP contribution >= 0.6 is 22.7 Å². The molecule has 1 unspecified atom stereocenters. The Bertz CT molecular complexity index is 538. The molecule has 0 aromatic carbocycles. The molecule has 3 nitrogen and oxygen atoms in total. The third-order valence-electron chi connectivity index (χ3n) is 3.14. The molecule has 2 rings (SSSR count). The van der Waals surface area contributed by atoms with Crippen molar-refractivity contribution in [2.75, 3.05) is 6.54 Å². The summed E-state index contributed by atoms with van der Waals surface area (Å²) in [6.45, 7) is 11.9. The SMILES string of the molecule is Cc1nc(C(C)(C)C)sc1C(C)NCCc1nccs1. The van der Waals surface area contributed by atoms with Crippen LogP contribution in [-0.4, -0.2) is 16.5 Å². The lowest BCUT2D eigenvalue weighted by atomic mass is 9.98. The normalized spacial score (nSPS) is 13.7. The lowest BCUT2D eigenvalue weighted by Gasteiger charge is -2.14. The highest BCUT2D eigenvalue weighted by Gasteiger charge is 2.22. The molecule has 2 aromatic rings. The first kappa shape index (κ1) is 15.6. The predicted octanol–water partition coefficient (Wildman–Crippen LogP) is 4.10. The van der Waals surface area contributed by atoms with Gasteiger partial charge in [-0.25, -0.2) is 9.97 Å². The third kappa shape index (κ3) is 3.87. The van der Waals surface area contributed by atoms with E-state index in [0.717, 1.165) is 18.7 Å². The van der Waals surface area contributed by atoms with Gasteiger partial charge in [0.25, 0.3) is 0 Å². The molecule has 0 saturated carbocycles. The fraction of sp³-hybridized carbons (Fsp3) is 0.600. The van der Waals surface area contributed by atoms with Crippen LogP contribution in [0.25, 0.3) is 0 Å². The third-order valence-corrected chi connectivity index (χ3v) is 5.75. The second kappa shape index (κ2) is 6.33. The largest absolute Gasteiger partial charge is 0.309 e. The Morgan fingerprint density at radius 3 is 2.65 bits per heavy atom. The molecule has 0 bridgehead atoms. The van der Waals surface area contributed by atoms with Gasteiger partial charge in [0.15, 0.2) is 0 Å². The Morgan fingerprint density at radius 1 is 1.35 bits per heavy atom. The molecule has 20 heavy (non-hydrogen) atoms. The number of nitrogens with one attached hydrogen (secondary N) is 1. The topological polar surface area (TPSA) is 37.8 Å². The lowest BCUT2D eigenvalue weighted by Crippen LogP contribution is -2.21. The van der Waals surface area contributed by atoms with E-state index in [1.54, 1.807) is 11.3 Å². The van der Waals surface area contributed by atoms with E-state index in [-0.39, 0.29) is 5.41 Å². The Labute approximate surface area is 129 Å². The summed E-state index contributed by atoms with van der Waals surface area (Å²) in [5, 5.41) is 8.03. The average molecular weight is 310 g/mol. The van der Waals surface area contributed by atoms with E-state index in [4.69, 9.17) is 4.98 Å². The fourth-order valence-electron chi connectivity index (χ4n) is 2.00. The first-order valence-electron chi connectivity index (χ1n) is 6.97. The molecular formula is C15H23N3S2. The maximum atomic E-state index is 4.73. The zero-order valence-corrected chi connectivity index (χ0v) is 14.5. The molecule has 0 amide bonds. The van der Waals surface area contributed by atoms with E-state index in [2.05, 4.69) is 44.9 Å². The van der Waals surface area contributed by atoms with Crippen LogP contribution < -0.4 is 5.32 Å². The van der Waals surface area contributed by atoms with Crippen molar-refractivity contribution in [3.8, 4) is 0 Å². The van der Waals surface area contributed by atoms with Gasteiger partial charge in [0.2, 0.25) is 0 Å². The number of nitrogens with zero attached hydrogens (tertiary/aromatic N) is 2. The van der Waals surface area contributed by atoms with E-state index >= 15 is 0 Å². The zero-order chi connectivity index (χ0) is 14.8. The van der Waals surface area contributed by atoms with E-state index in [9.17, 15) is 0 Å². The van der Waals surface area contributed by atoms with Crippen molar-refractivity contribution in [3.63, 3.8) is 0 Å². The van der Waals surface area contributed by atoms with Gasteiger partial charge in [-0.2, -0.15) is 0 Å². The van der Waals surface area contributed by atoms with Crippen LogP contribution in [0.4, 0.5) is 0 Å². The quantitative estimate of drug-likeness (QED) is 0.903. The number of aromatic nitrogens is 2. The van der Waals surface area contributed by atoms with Crippen molar-refractivity contribution >= 4 is 22.7 Å². The minimum Gasteiger partial charge on any atom is -0.309 e. The standard InChI is InChI=1S/C15H23N3S2/c1-10(16-7-6-12-17-8-9-19-12)13-11(2)18-14(20-13)15(3,4)5/h8-10,16H,6-7H2,1-5H3. The minimum atomic E-state index is 0.133. The molecule has 110 valence electrons. The summed E-state index contributed by atoms with van der Waals surface area (Å²) < 4.78 is 0. The molecule has 2 heterocycles. The molecule has 0 fully saturated rings. The minimum absolute atomic E-state index is 0.133. The maximum absolute atomic E-state index is 4.73. The first-order valence-corrected chi connectivity index (χ1v) is 8.67. The van der Waals surface area contributed by atoms with Crippen LogP contribution in [0.5, 0.6) is 0 Å². The van der Waals surface area contributed by atoms with Gasteiger partial charge < -0.3 is 5.32 Å². The molecule has 2 aromatic heterocycles. The number of thiazole rings is 2. The first-order chi connectivity index (χ1) is 9.38. The lowest BCUT2D eigenvalue weighted by molar-refractivity contribution is 0.578. The second-order valence-corrected chi connectivity index (χ2v) is 8.08. The van der Waals surface area contributed by atoms with Crippen molar-refractivity contribution in [1.82, 2.24) is 15.3 Å². The van der Waals surface area contributed by atoms with Crippen LogP contribution in [0.15, 0.2) is 11.6 Å². The second-order valence-electron chi connectivity index (χ2n) is 6.07. The smallest absolute Gasteiger partial charge is 0.0985 e. The molecule has 0 saturated heterocycles. The highest BCUT2D eigenvalue weighted by Crippen LogP contribution is 2.32. The van der Waals surface area contributed by atoms with Crippen LogP contribution in [0, 0.1) is 6.92 Å². The Hall–Kier alpha value is -0.780. The summed E-state index contributed by atoms with van der Waals surface area (Å²) in [5.74, 6) is 0. The molecule has 1 atom stereocenters. The van der Waals surface area contributed by atoms with Crippen molar-refractivity contribution in [2.24, 2.45) is 0 Å². The van der Waals surface area contributed by atoms with Gasteiger partial charge >= 0.3 is 0 Å². The summed E-state index contributed by atoms with van der Waals surface area (Å²) in [6.07, 6.45) is 2.86. The van der Waals surface area contributed by atoms with E-state index in [0.29, 0.717) is 6.04 Å². The summed E-state index contributed by atoms with van der Waals surface area (Å²) in [6, 6.07) is 0.351. The summed E-state index contributed by atoms with van der Waals surface area (Å²) in [4.78, 5) is 10.4. The fourth-order valence-corrected chi connectivity index (χ4v) is 3.77. The van der Waals surface area contributed by atoms with Crippen molar-refractivity contribution in [1.29, 1.82) is 0 Å².